The lowest BCUT2D eigenvalue weighted by Crippen LogP contribution is -2.35. The molecule has 0 saturated heterocycles. The molecule has 1 saturated carbocycles. The fourth-order valence-corrected chi connectivity index (χ4v) is 3.23. The van der Waals surface area contributed by atoms with E-state index < -0.39 is 0 Å². The van der Waals surface area contributed by atoms with Crippen LogP contribution in [0.25, 0.3) is 0 Å². The minimum Gasteiger partial charge on any atom is -0.493 e. The van der Waals surface area contributed by atoms with Gasteiger partial charge in [-0.05, 0) is 56.5 Å². The molecule has 28 heavy (non-hydrogen) atoms. The van der Waals surface area contributed by atoms with Gasteiger partial charge in [0.25, 0.3) is 0 Å². The summed E-state index contributed by atoms with van der Waals surface area (Å²) in [5, 5.41) is 5.89. The SMILES string of the molecule is COc1ccc(C2(CNC(=O)Nc3ccccc3OC(C)C)CC2)cc1OC. The standard InChI is InChI=1S/C22H28N2O4/c1-15(2)28-18-8-6-5-7-17(18)24-21(25)23-14-22(11-12-22)16-9-10-19(26-3)20(13-16)27-4/h5-10,13,15H,11-12,14H2,1-4H3,(H2,23,24,25). The number of methoxy groups -OCH3 is 2. The van der Waals surface area contributed by atoms with Crippen molar-refractivity contribution >= 4 is 11.7 Å². The van der Waals surface area contributed by atoms with Crippen molar-refractivity contribution in [1.82, 2.24) is 5.32 Å². The number of nitrogens with one attached hydrogen (secondary N) is 2. The fourth-order valence-electron chi connectivity index (χ4n) is 3.23. The van der Waals surface area contributed by atoms with Crippen molar-refractivity contribution in [3.05, 3.63) is 48.0 Å². The molecule has 0 spiro atoms. The number of rotatable bonds is 8. The summed E-state index contributed by atoms with van der Waals surface area (Å²) in [5.74, 6) is 2.07. The molecule has 1 aliphatic carbocycles. The van der Waals surface area contributed by atoms with Crippen molar-refractivity contribution in [2.24, 2.45) is 0 Å². The first-order valence-electron chi connectivity index (χ1n) is 9.50. The molecule has 0 aliphatic heterocycles. The number of hydrogen-bond donors (Lipinski definition) is 2. The lowest BCUT2D eigenvalue weighted by molar-refractivity contribution is 0.241. The number of benzene rings is 2. The largest absolute Gasteiger partial charge is 0.493 e. The lowest BCUT2D eigenvalue weighted by atomic mass is 9.95. The summed E-state index contributed by atoms with van der Waals surface area (Å²) >= 11 is 0. The maximum Gasteiger partial charge on any atom is 0.319 e. The Balaban J connectivity index is 1.64. The Hall–Kier alpha value is -2.89. The van der Waals surface area contributed by atoms with E-state index in [4.69, 9.17) is 14.2 Å². The van der Waals surface area contributed by atoms with Gasteiger partial charge >= 0.3 is 6.03 Å². The van der Waals surface area contributed by atoms with Crippen LogP contribution in [-0.2, 0) is 5.41 Å². The molecule has 0 aromatic heterocycles. The molecular weight excluding hydrogens is 356 g/mol. The molecule has 0 heterocycles. The van der Waals surface area contributed by atoms with Crippen molar-refractivity contribution in [3.8, 4) is 17.2 Å². The molecule has 3 rings (SSSR count). The second-order valence-electron chi connectivity index (χ2n) is 7.32. The van der Waals surface area contributed by atoms with Crippen LogP contribution in [0, 0.1) is 0 Å². The summed E-state index contributed by atoms with van der Waals surface area (Å²) in [6, 6.07) is 13.1. The first-order valence-corrected chi connectivity index (χ1v) is 9.50. The Bertz CT molecular complexity index is 831. The van der Waals surface area contributed by atoms with E-state index in [1.54, 1.807) is 14.2 Å². The van der Waals surface area contributed by atoms with Crippen molar-refractivity contribution in [1.29, 1.82) is 0 Å². The minimum atomic E-state index is -0.244. The third-order valence-electron chi connectivity index (χ3n) is 4.93. The molecule has 0 radical (unpaired) electrons. The van der Waals surface area contributed by atoms with Crippen LogP contribution in [0.4, 0.5) is 10.5 Å². The van der Waals surface area contributed by atoms with E-state index in [0.717, 1.165) is 18.4 Å². The average molecular weight is 384 g/mol. The molecular formula is C22H28N2O4. The van der Waals surface area contributed by atoms with Gasteiger partial charge in [-0.15, -0.1) is 0 Å². The molecule has 150 valence electrons. The highest BCUT2D eigenvalue weighted by Crippen LogP contribution is 2.49. The van der Waals surface area contributed by atoms with E-state index in [2.05, 4.69) is 10.6 Å². The van der Waals surface area contributed by atoms with Gasteiger partial charge in [0, 0.05) is 12.0 Å². The van der Waals surface area contributed by atoms with E-state index in [1.165, 1.54) is 0 Å². The number of amides is 2. The first-order chi connectivity index (χ1) is 13.5. The average Bonchev–Trinajstić information content (AvgIpc) is 3.48. The van der Waals surface area contributed by atoms with E-state index >= 15 is 0 Å². The van der Waals surface area contributed by atoms with Gasteiger partial charge in [0.2, 0.25) is 0 Å². The predicted molar refractivity (Wildman–Crippen MR) is 110 cm³/mol. The summed E-state index contributed by atoms with van der Waals surface area (Å²) in [6.45, 7) is 4.47. The van der Waals surface area contributed by atoms with Crippen LogP contribution in [0.15, 0.2) is 42.5 Å². The normalized spacial score (nSPS) is 14.3. The van der Waals surface area contributed by atoms with Gasteiger partial charge in [0.1, 0.15) is 5.75 Å². The van der Waals surface area contributed by atoms with E-state index in [-0.39, 0.29) is 17.6 Å². The van der Waals surface area contributed by atoms with Crippen molar-refractivity contribution in [3.63, 3.8) is 0 Å². The summed E-state index contributed by atoms with van der Waals surface area (Å²) in [7, 11) is 3.25. The van der Waals surface area contributed by atoms with Crippen LogP contribution in [0.2, 0.25) is 0 Å². The highest BCUT2D eigenvalue weighted by Gasteiger charge is 2.44. The molecule has 2 N–H and O–H groups in total. The summed E-state index contributed by atoms with van der Waals surface area (Å²) in [4.78, 5) is 12.5. The van der Waals surface area contributed by atoms with E-state index in [1.807, 2.05) is 56.3 Å². The maximum absolute atomic E-state index is 12.5. The minimum absolute atomic E-state index is 0.0331. The molecule has 0 atom stereocenters. The first kappa shape index (κ1) is 19.9. The summed E-state index contributed by atoms with van der Waals surface area (Å²) in [6.07, 6.45) is 2.08. The summed E-state index contributed by atoms with van der Waals surface area (Å²) in [5.41, 5.74) is 1.75. The molecule has 6 heteroatoms. The number of hydrogen-bond acceptors (Lipinski definition) is 4. The van der Waals surface area contributed by atoms with Crippen LogP contribution >= 0.6 is 0 Å². The van der Waals surface area contributed by atoms with Crippen molar-refractivity contribution in [2.75, 3.05) is 26.1 Å². The van der Waals surface area contributed by atoms with Gasteiger partial charge in [-0.1, -0.05) is 18.2 Å². The number of ether oxygens (including phenoxy) is 3. The molecule has 6 nitrogen and oxygen atoms in total. The number of carbonyl (C=O) groups excluding carboxylic acids is 1. The summed E-state index contributed by atoms with van der Waals surface area (Å²) < 4.78 is 16.5. The van der Waals surface area contributed by atoms with Crippen molar-refractivity contribution < 1.29 is 19.0 Å². The molecule has 2 aromatic carbocycles. The molecule has 0 bridgehead atoms. The fraction of sp³-hybridized carbons (Fsp3) is 0.409. The molecule has 2 aromatic rings. The van der Waals surface area contributed by atoms with Gasteiger partial charge in [-0.25, -0.2) is 4.79 Å². The molecule has 1 fully saturated rings. The Morgan fingerprint density at radius 1 is 1.04 bits per heavy atom. The van der Waals surface area contributed by atoms with Gasteiger partial charge < -0.3 is 24.8 Å². The van der Waals surface area contributed by atoms with Gasteiger partial charge in [-0.2, -0.15) is 0 Å². The van der Waals surface area contributed by atoms with Gasteiger partial charge in [0.15, 0.2) is 11.5 Å². The zero-order valence-electron chi connectivity index (χ0n) is 16.9. The van der Waals surface area contributed by atoms with Crippen LogP contribution < -0.4 is 24.8 Å². The number of anilines is 1. The monoisotopic (exact) mass is 384 g/mol. The second-order valence-corrected chi connectivity index (χ2v) is 7.32. The third kappa shape index (κ3) is 4.50. The topological polar surface area (TPSA) is 68.8 Å². The van der Waals surface area contributed by atoms with Crippen LogP contribution in [0.5, 0.6) is 17.2 Å². The molecule has 1 aliphatic rings. The zero-order valence-corrected chi connectivity index (χ0v) is 16.9. The van der Waals surface area contributed by atoms with Crippen LogP contribution in [0.1, 0.15) is 32.3 Å². The van der Waals surface area contributed by atoms with Crippen molar-refractivity contribution in [2.45, 2.75) is 38.2 Å². The van der Waals surface area contributed by atoms with Crippen LogP contribution in [-0.4, -0.2) is 32.9 Å². The maximum atomic E-state index is 12.5. The lowest BCUT2D eigenvalue weighted by Gasteiger charge is -2.19. The Labute approximate surface area is 166 Å². The number of urea groups is 1. The Morgan fingerprint density at radius 2 is 1.75 bits per heavy atom. The number of carbonyl (C=O) groups is 1. The smallest absolute Gasteiger partial charge is 0.319 e. The van der Waals surface area contributed by atoms with Gasteiger partial charge in [0.05, 0.1) is 26.0 Å². The third-order valence-corrected chi connectivity index (χ3v) is 4.93. The van der Waals surface area contributed by atoms with E-state index in [9.17, 15) is 4.79 Å². The zero-order chi connectivity index (χ0) is 20.1. The molecule has 0 unspecified atom stereocenters. The second kappa shape index (κ2) is 8.42. The quantitative estimate of drug-likeness (QED) is 0.710. The molecule has 2 amide bonds. The predicted octanol–water partition coefficient (Wildman–Crippen LogP) is 4.34. The Kier molecular flexibility index (Phi) is 5.97. The van der Waals surface area contributed by atoms with Crippen LogP contribution in [0.3, 0.4) is 0 Å². The van der Waals surface area contributed by atoms with Gasteiger partial charge in [-0.3, -0.25) is 0 Å². The highest BCUT2D eigenvalue weighted by molar-refractivity contribution is 5.91. The highest BCUT2D eigenvalue weighted by atomic mass is 16.5. The Morgan fingerprint density at radius 3 is 2.39 bits per heavy atom. The number of para-hydroxylation sites is 2. The van der Waals surface area contributed by atoms with E-state index in [0.29, 0.717) is 29.5 Å².